The molecule has 0 saturated heterocycles. The largest absolute Gasteiger partial charge is 0.372 e. The molecule has 3 nitrogen and oxygen atoms in total. The summed E-state index contributed by atoms with van der Waals surface area (Å²) in [6, 6.07) is 3.99. The Kier molecular flexibility index (Phi) is 2.86. The van der Waals surface area contributed by atoms with Crippen molar-refractivity contribution in [3.05, 3.63) is 22.9 Å². The lowest BCUT2D eigenvalue weighted by atomic mass is 10.1. The number of hydrogen-bond acceptors (Lipinski definition) is 3. The van der Waals surface area contributed by atoms with Gasteiger partial charge < -0.3 is 5.32 Å². The van der Waals surface area contributed by atoms with Gasteiger partial charge in [-0.3, -0.25) is 0 Å². The van der Waals surface area contributed by atoms with E-state index in [4.69, 9.17) is 5.26 Å². The molecule has 3 heteroatoms. The quantitative estimate of drug-likeness (QED) is 0.746. The average molecular weight is 175 g/mol. The van der Waals surface area contributed by atoms with Gasteiger partial charge in [-0.15, -0.1) is 0 Å². The van der Waals surface area contributed by atoms with Gasteiger partial charge in [0.25, 0.3) is 0 Å². The summed E-state index contributed by atoms with van der Waals surface area (Å²) in [5, 5.41) is 11.7. The third kappa shape index (κ3) is 1.78. The predicted octanol–water partition coefficient (Wildman–Crippen LogP) is 1.87. The van der Waals surface area contributed by atoms with Crippen LogP contribution in [-0.4, -0.2) is 12.0 Å². The molecular formula is C10H13N3. The van der Waals surface area contributed by atoms with Gasteiger partial charge in [-0.2, -0.15) is 5.26 Å². The number of aromatic nitrogens is 1. The molecule has 0 aliphatic rings. The van der Waals surface area contributed by atoms with Crippen LogP contribution in [0.15, 0.2) is 6.07 Å². The number of nitrogens with one attached hydrogen (secondary N) is 1. The molecule has 1 N–H and O–H groups in total. The second-order valence-corrected chi connectivity index (χ2v) is 2.86. The Balaban J connectivity index is 3.28. The molecule has 1 heterocycles. The van der Waals surface area contributed by atoms with Crippen molar-refractivity contribution >= 4 is 5.82 Å². The van der Waals surface area contributed by atoms with Gasteiger partial charge >= 0.3 is 0 Å². The molecule has 0 bridgehead atoms. The van der Waals surface area contributed by atoms with Crippen LogP contribution in [0.5, 0.6) is 0 Å². The van der Waals surface area contributed by atoms with Crippen molar-refractivity contribution in [2.24, 2.45) is 0 Å². The molecule has 0 radical (unpaired) electrons. The lowest BCUT2D eigenvalue weighted by molar-refractivity contribution is 1.01. The van der Waals surface area contributed by atoms with Gasteiger partial charge in [0.15, 0.2) is 0 Å². The minimum absolute atomic E-state index is 0.609. The van der Waals surface area contributed by atoms with Crippen LogP contribution < -0.4 is 5.32 Å². The summed E-state index contributed by atoms with van der Waals surface area (Å²) in [6.07, 6.45) is 0.895. The molecule has 1 aromatic heterocycles. The van der Waals surface area contributed by atoms with Crippen molar-refractivity contribution in [3.63, 3.8) is 0 Å². The van der Waals surface area contributed by atoms with Crippen LogP contribution in [0, 0.1) is 18.3 Å². The minimum atomic E-state index is 0.609. The second-order valence-electron chi connectivity index (χ2n) is 2.86. The van der Waals surface area contributed by atoms with Gasteiger partial charge in [0.1, 0.15) is 11.9 Å². The SMILES string of the molecule is CCc1nc(NC)c(C#N)cc1C. The Morgan fingerprint density at radius 2 is 2.31 bits per heavy atom. The van der Waals surface area contributed by atoms with Gasteiger partial charge in [0.05, 0.1) is 5.56 Å². The highest BCUT2D eigenvalue weighted by atomic mass is 15.0. The Morgan fingerprint density at radius 3 is 2.77 bits per heavy atom. The number of anilines is 1. The van der Waals surface area contributed by atoms with E-state index in [9.17, 15) is 0 Å². The van der Waals surface area contributed by atoms with Crippen LogP contribution in [0.2, 0.25) is 0 Å². The normalized spacial score (nSPS) is 9.38. The van der Waals surface area contributed by atoms with Gasteiger partial charge in [-0.05, 0) is 25.0 Å². The van der Waals surface area contributed by atoms with E-state index in [0.717, 1.165) is 17.7 Å². The molecule has 0 spiro atoms. The zero-order chi connectivity index (χ0) is 9.84. The van der Waals surface area contributed by atoms with Crippen LogP contribution >= 0.6 is 0 Å². The monoisotopic (exact) mass is 175 g/mol. The van der Waals surface area contributed by atoms with E-state index in [1.165, 1.54) is 0 Å². The number of rotatable bonds is 2. The molecule has 0 atom stereocenters. The molecule has 0 amide bonds. The van der Waals surface area contributed by atoms with E-state index in [2.05, 4.69) is 23.3 Å². The first-order valence-corrected chi connectivity index (χ1v) is 4.31. The molecule has 0 aromatic carbocycles. The molecule has 0 aliphatic carbocycles. The van der Waals surface area contributed by atoms with E-state index in [1.807, 2.05) is 13.0 Å². The van der Waals surface area contributed by atoms with Crippen LogP contribution in [0.25, 0.3) is 0 Å². The highest BCUT2D eigenvalue weighted by molar-refractivity contribution is 5.53. The molecular weight excluding hydrogens is 162 g/mol. The number of aryl methyl sites for hydroxylation is 2. The average Bonchev–Trinajstić information content (AvgIpc) is 2.17. The highest BCUT2D eigenvalue weighted by Gasteiger charge is 2.05. The van der Waals surface area contributed by atoms with E-state index in [-0.39, 0.29) is 0 Å². The number of pyridine rings is 1. The topological polar surface area (TPSA) is 48.7 Å². The maximum absolute atomic E-state index is 8.81. The Hall–Kier alpha value is -1.56. The third-order valence-corrected chi connectivity index (χ3v) is 2.01. The fourth-order valence-corrected chi connectivity index (χ4v) is 1.29. The van der Waals surface area contributed by atoms with E-state index < -0.39 is 0 Å². The van der Waals surface area contributed by atoms with Gasteiger partial charge in [-0.25, -0.2) is 4.98 Å². The van der Waals surface area contributed by atoms with E-state index >= 15 is 0 Å². The minimum Gasteiger partial charge on any atom is -0.372 e. The van der Waals surface area contributed by atoms with Gasteiger partial charge in [-0.1, -0.05) is 6.92 Å². The molecule has 0 saturated carbocycles. The Morgan fingerprint density at radius 1 is 1.62 bits per heavy atom. The molecule has 1 aromatic rings. The van der Waals surface area contributed by atoms with Gasteiger partial charge in [0, 0.05) is 12.7 Å². The molecule has 13 heavy (non-hydrogen) atoms. The molecule has 0 fully saturated rings. The molecule has 1 rings (SSSR count). The maximum Gasteiger partial charge on any atom is 0.143 e. The van der Waals surface area contributed by atoms with Crippen LogP contribution in [0.1, 0.15) is 23.7 Å². The fourth-order valence-electron chi connectivity index (χ4n) is 1.29. The summed E-state index contributed by atoms with van der Waals surface area (Å²) in [5.74, 6) is 0.671. The van der Waals surface area contributed by atoms with Crippen molar-refractivity contribution < 1.29 is 0 Å². The van der Waals surface area contributed by atoms with Crippen LogP contribution in [-0.2, 0) is 6.42 Å². The van der Waals surface area contributed by atoms with Crippen molar-refractivity contribution in [1.29, 1.82) is 5.26 Å². The van der Waals surface area contributed by atoms with Crippen molar-refractivity contribution in [2.75, 3.05) is 12.4 Å². The first-order chi connectivity index (χ1) is 6.22. The zero-order valence-corrected chi connectivity index (χ0v) is 8.18. The van der Waals surface area contributed by atoms with Crippen LogP contribution in [0.3, 0.4) is 0 Å². The summed E-state index contributed by atoms with van der Waals surface area (Å²) >= 11 is 0. The predicted molar refractivity (Wildman–Crippen MR) is 52.6 cm³/mol. The lowest BCUT2D eigenvalue weighted by Crippen LogP contribution is -2.01. The number of nitrogens with zero attached hydrogens (tertiary/aromatic N) is 2. The molecule has 0 aliphatic heterocycles. The van der Waals surface area contributed by atoms with E-state index in [1.54, 1.807) is 7.05 Å². The van der Waals surface area contributed by atoms with Crippen molar-refractivity contribution in [2.45, 2.75) is 20.3 Å². The maximum atomic E-state index is 8.81. The first-order valence-electron chi connectivity index (χ1n) is 4.31. The Labute approximate surface area is 78.4 Å². The first kappa shape index (κ1) is 9.53. The Bertz CT molecular complexity index is 350. The van der Waals surface area contributed by atoms with Gasteiger partial charge in [0.2, 0.25) is 0 Å². The molecule has 0 unspecified atom stereocenters. The highest BCUT2D eigenvalue weighted by Crippen LogP contribution is 2.16. The summed E-state index contributed by atoms with van der Waals surface area (Å²) in [4.78, 5) is 4.35. The van der Waals surface area contributed by atoms with Crippen molar-refractivity contribution in [1.82, 2.24) is 4.98 Å². The number of nitriles is 1. The van der Waals surface area contributed by atoms with Crippen molar-refractivity contribution in [3.8, 4) is 6.07 Å². The zero-order valence-electron chi connectivity index (χ0n) is 8.18. The smallest absolute Gasteiger partial charge is 0.143 e. The third-order valence-electron chi connectivity index (χ3n) is 2.01. The fraction of sp³-hybridized carbons (Fsp3) is 0.400. The summed E-state index contributed by atoms with van der Waals surface area (Å²) in [5.41, 5.74) is 2.73. The summed E-state index contributed by atoms with van der Waals surface area (Å²) < 4.78 is 0. The second kappa shape index (κ2) is 3.90. The standard InChI is InChI=1S/C10H13N3/c1-4-9-7(2)5-8(6-11)10(12-3)13-9/h5H,4H2,1-3H3,(H,12,13). The molecule has 68 valence electrons. The lowest BCUT2D eigenvalue weighted by Gasteiger charge is -2.07. The van der Waals surface area contributed by atoms with E-state index in [0.29, 0.717) is 11.4 Å². The summed E-state index contributed by atoms with van der Waals surface area (Å²) in [7, 11) is 1.78. The summed E-state index contributed by atoms with van der Waals surface area (Å²) in [6.45, 7) is 4.03. The van der Waals surface area contributed by atoms with Crippen LogP contribution in [0.4, 0.5) is 5.82 Å². The number of hydrogen-bond donors (Lipinski definition) is 1.